The molecule has 0 amide bonds. The average molecular weight is 937 g/mol. The molecule has 1 unspecified atom stereocenters. The van der Waals surface area contributed by atoms with Gasteiger partial charge in [-0.3, -0.25) is 9.59 Å². The molecule has 0 aromatic heterocycles. The fourth-order valence-corrected chi connectivity index (χ4v) is 6.87. The van der Waals surface area contributed by atoms with Gasteiger partial charge in [-0.2, -0.15) is 0 Å². The van der Waals surface area contributed by atoms with E-state index in [9.17, 15) is 9.59 Å². The molecule has 0 aromatic carbocycles. The Balaban J connectivity index is 4.49. The monoisotopic (exact) mass is 937 g/mol. The lowest BCUT2D eigenvalue weighted by atomic mass is 10.1. The van der Waals surface area contributed by atoms with Crippen molar-refractivity contribution in [3.63, 3.8) is 0 Å². The number of hydrogen-bond acceptors (Lipinski definition) is 5. The quantitative estimate of drug-likeness (QED) is 0.0346. The number of esters is 2. The van der Waals surface area contributed by atoms with Crippen LogP contribution in [0, 0.1) is 0 Å². The van der Waals surface area contributed by atoms with Gasteiger partial charge in [0.25, 0.3) is 0 Å². The zero-order valence-corrected chi connectivity index (χ0v) is 43.8. The van der Waals surface area contributed by atoms with Gasteiger partial charge in [-0.1, -0.05) is 224 Å². The first-order valence-electron chi connectivity index (χ1n) is 27.4. The molecule has 5 heteroatoms. The van der Waals surface area contributed by atoms with Gasteiger partial charge < -0.3 is 14.2 Å². The maximum absolute atomic E-state index is 12.8. The SMILES string of the molecule is CC/C=C\C/C=C\C/C=C\C/C=C\C/C=C\CCCC(=O)OC(COCC/C=C\C/C=C\C/C=C\C/C=C\C/C=C\CC)COC(=O)CCCCCCCCCCC/C=C\C/C=C\CCCCC. The van der Waals surface area contributed by atoms with Crippen molar-refractivity contribution in [3.8, 4) is 0 Å². The van der Waals surface area contributed by atoms with Crippen LogP contribution in [0.1, 0.15) is 213 Å². The van der Waals surface area contributed by atoms with E-state index in [0.29, 0.717) is 25.9 Å². The molecule has 68 heavy (non-hydrogen) atoms. The van der Waals surface area contributed by atoms with Crippen LogP contribution in [0.25, 0.3) is 0 Å². The maximum atomic E-state index is 12.8. The Hall–Kier alpha value is -4.22. The molecule has 0 heterocycles. The highest BCUT2D eigenvalue weighted by atomic mass is 16.6. The molecule has 0 aliphatic heterocycles. The smallest absolute Gasteiger partial charge is 0.306 e. The number of unbranched alkanes of at least 4 members (excludes halogenated alkanes) is 13. The standard InChI is InChI=1S/C63H100O5/c1-4-7-10-13-16-19-22-25-28-31-32-34-35-38-41-44-47-50-53-56-62(64)67-60-61(59-66-58-55-52-49-46-43-40-37-30-27-24-21-18-15-12-9-6-3)68-63(65)57-54-51-48-45-42-39-36-33-29-26-23-20-17-14-11-8-5-2/h8-9,11-12,16-21,25-30,36,39-40,43,45,48-49,52,61H,4-7,10,13-15,22-24,31-35,37-38,41-42,44,46-47,50-51,53-60H2,1-3H3/b11-8-,12-9-,19-16-,20-17-,21-18-,28-25-,29-26-,30-27-,39-36-,43-40-,48-45-,52-49-. The predicted octanol–water partition coefficient (Wildman–Crippen LogP) is 18.9. The molecule has 5 nitrogen and oxygen atoms in total. The topological polar surface area (TPSA) is 61.8 Å². The second-order valence-corrected chi connectivity index (χ2v) is 17.4. The summed E-state index contributed by atoms with van der Waals surface area (Å²) in [6.07, 6.45) is 83.2. The van der Waals surface area contributed by atoms with E-state index in [1.165, 1.54) is 70.6 Å². The third-order valence-electron chi connectivity index (χ3n) is 10.9. The molecule has 0 radical (unpaired) electrons. The van der Waals surface area contributed by atoms with Crippen LogP contribution >= 0.6 is 0 Å². The molecule has 0 rings (SSSR count). The van der Waals surface area contributed by atoms with E-state index in [1.54, 1.807) is 0 Å². The lowest BCUT2D eigenvalue weighted by Crippen LogP contribution is -2.30. The number of allylic oxidation sites excluding steroid dienone is 23. The summed E-state index contributed by atoms with van der Waals surface area (Å²) >= 11 is 0. The number of hydrogen-bond donors (Lipinski definition) is 0. The van der Waals surface area contributed by atoms with Crippen molar-refractivity contribution in [2.24, 2.45) is 0 Å². The number of ether oxygens (including phenoxy) is 3. The van der Waals surface area contributed by atoms with Crippen LogP contribution in [0.4, 0.5) is 0 Å². The molecule has 0 bridgehead atoms. The summed E-state index contributed by atoms with van der Waals surface area (Å²) in [5.74, 6) is -0.520. The third kappa shape index (κ3) is 54.4. The van der Waals surface area contributed by atoms with Gasteiger partial charge in [-0.25, -0.2) is 0 Å². The first kappa shape index (κ1) is 63.8. The molecule has 0 spiro atoms. The largest absolute Gasteiger partial charge is 0.462 e. The second kappa shape index (κ2) is 57.1. The van der Waals surface area contributed by atoms with Crippen molar-refractivity contribution < 1.29 is 23.8 Å². The van der Waals surface area contributed by atoms with Gasteiger partial charge in [0.15, 0.2) is 6.10 Å². The first-order chi connectivity index (χ1) is 33.6. The van der Waals surface area contributed by atoms with E-state index < -0.39 is 6.10 Å². The molecule has 1 atom stereocenters. The van der Waals surface area contributed by atoms with Gasteiger partial charge in [0, 0.05) is 12.8 Å². The summed E-state index contributed by atoms with van der Waals surface area (Å²) in [6.45, 7) is 7.28. The molecule has 0 aliphatic carbocycles. The van der Waals surface area contributed by atoms with E-state index in [1.807, 2.05) is 0 Å². The van der Waals surface area contributed by atoms with E-state index in [0.717, 1.165) is 103 Å². The number of rotatable bonds is 48. The van der Waals surface area contributed by atoms with E-state index >= 15 is 0 Å². The van der Waals surface area contributed by atoms with Crippen LogP contribution in [-0.4, -0.2) is 37.9 Å². The number of carbonyl (C=O) groups is 2. The summed E-state index contributed by atoms with van der Waals surface area (Å²) < 4.78 is 17.3. The Kier molecular flexibility index (Phi) is 53.6. The zero-order chi connectivity index (χ0) is 49.2. The summed E-state index contributed by atoms with van der Waals surface area (Å²) in [5, 5.41) is 0. The zero-order valence-electron chi connectivity index (χ0n) is 43.8. The molecule has 382 valence electrons. The fourth-order valence-electron chi connectivity index (χ4n) is 6.87. The lowest BCUT2D eigenvalue weighted by molar-refractivity contribution is -0.162. The highest BCUT2D eigenvalue weighted by molar-refractivity contribution is 5.70. The first-order valence-corrected chi connectivity index (χ1v) is 27.4. The summed E-state index contributed by atoms with van der Waals surface area (Å²) in [7, 11) is 0. The molecule has 0 aromatic rings. The predicted molar refractivity (Wildman–Crippen MR) is 297 cm³/mol. The van der Waals surface area contributed by atoms with Crippen molar-refractivity contribution in [2.45, 2.75) is 219 Å². The Morgan fingerprint density at radius 1 is 0.338 bits per heavy atom. The summed E-state index contributed by atoms with van der Waals surface area (Å²) in [4.78, 5) is 25.5. The average Bonchev–Trinajstić information content (AvgIpc) is 3.34. The normalized spacial score (nSPS) is 13.4. The maximum Gasteiger partial charge on any atom is 0.306 e. The summed E-state index contributed by atoms with van der Waals surface area (Å²) in [5.41, 5.74) is 0. The van der Waals surface area contributed by atoms with Crippen molar-refractivity contribution in [2.75, 3.05) is 19.8 Å². The van der Waals surface area contributed by atoms with Crippen LogP contribution in [0.3, 0.4) is 0 Å². The molecule has 0 saturated heterocycles. The lowest BCUT2D eigenvalue weighted by Gasteiger charge is -2.18. The molecule has 0 saturated carbocycles. The van der Waals surface area contributed by atoms with Crippen LogP contribution in [0.15, 0.2) is 146 Å². The van der Waals surface area contributed by atoms with Gasteiger partial charge in [-0.15, -0.1) is 0 Å². The fraction of sp³-hybridized carbons (Fsp3) is 0.587. The molecule has 0 fully saturated rings. The Morgan fingerprint density at radius 3 is 1.10 bits per heavy atom. The van der Waals surface area contributed by atoms with Crippen molar-refractivity contribution in [1.29, 1.82) is 0 Å². The van der Waals surface area contributed by atoms with Crippen LogP contribution in [-0.2, 0) is 23.8 Å². The van der Waals surface area contributed by atoms with Crippen molar-refractivity contribution in [3.05, 3.63) is 146 Å². The van der Waals surface area contributed by atoms with E-state index in [-0.39, 0.29) is 25.2 Å². The molecular weight excluding hydrogens is 837 g/mol. The minimum Gasteiger partial charge on any atom is -0.462 e. The highest BCUT2D eigenvalue weighted by Crippen LogP contribution is 2.13. The minimum atomic E-state index is -0.619. The Labute approximate surface area is 419 Å². The van der Waals surface area contributed by atoms with Crippen LogP contribution in [0.5, 0.6) is 0 Å². The minimum absolute atomic E-state index is 0.0208. The van der Waals surface area contributed by atoms with Crippen molar-refractivity contribution in [1.82, 2.24) is 0 Å². The number of carbonyl (C=O) groups excluding carboxylic acids is 2. The van der Waals surface area contributed by atoms with Crippen LogP contribution < -0.4 is 0 Å². The van der Waals surface area contributed by atoms with Crippen LogP contribution in [0.2, 0.25) is 0 Å². The summed E-state index contributed by atoms with van der Waals surface area (Å²) in [6, 6.07) is 0. The highest BCUT2D eigenvalue weighted by Gasteiger charge is 2.17. The Morgan fingerprint density at radius 2 is 0.676 bits per heavy atom. The van der Waals surface area contributed by atoms with Gasteiger partial charge in [-0.05, 0) is 122 Å². The van der Waals surface area contributed by atoms with Gasteiger partial charge >= 0.3 is 11.9 Å². The van der Waals surface area contributed by atoms with E-state index in [2.05, 4.69) is 167 Å². The Bertz CT molecular complexity index is 1480. The second-order valence-electron chi connectivity index (χ2n) is 17.4. The van der Waals surface area contributed by atoms with Gasteiger partial charge in [0.1, 0.15) is 6.61 Å². The van der Waals surface area contributed by atoms with Gasteiger partial charge in [0.05, 0.1) is 13.2 Å². The third-order valence-corrected chi connectivity index (χ3v) is 10.9. The van der Waals surface area contributed by atoms with Crippen molar-refractivity contribution >= 4 is 11.9 Å². The molecule has 0 aliphatic rings. The van der Waals surface area contributed by atoms with E-state index in [4.69, 9.17) is 14.2 Å². The molecular formula is C63H100O5. The van der Waals surface area contributed by atoms with Gasteiger partial charge in [0.2, 0.25) is 0 Å². The molecule has 0 N–H and O–H groups in total.